The number of rotatable bonds is 5. The first-order valence-electron chi connectivity index (χ1n) is 9.05. The largest absolute Gasteiger partial charge is 0.326 e. The van der Waals surface area contributed by atoms with Crippen LogP contribution in [0, 0.1) is 0 Å². The van der Waals surface area contributed by atoms with Gasteiger partial charge in [-0.3, -0.25) is 19.0 Å². The van der Waals surface area contributed by atoms with Gasteiger partial charge < -0.3 is 10.6 Å². The first kappa shape index (κ1) is 19.0. The Labute approximate surface area is 170 Å². The summed E-state index contributed by atoms with van der Waals surface area (Å²) in [5.41, 5.74) is 1.68. The van der Waals surface area contributed by atoms with Crippen molar-refractivity contribution < 1.29 is 9.59 Å². The molecule has 0 aliphatic heterocycles. The Balaban J connectivity index is 1.54. The van der Waals surface area contributed by atoms with E-state index in [1.807, 2.05) is 30.3 Å². The van der Waals surface area contributed by atoms with Gasteiger partial charge in [0.2, 0.25) is 11.8 Å². The molecule has 0 spiro atoms. The predicted molar refractivity (Wildman–Crippen MR) is 110 cm³/mol. The van der Waals surface area contributed by atoms with Crippen molar-refractivity contribution in [3.63, 3.8) is 0 Å². The van der Waals surface area contributed by atoms with Gasteiger partial charge in [-0.05, 0) is 30.3 Å². The van der Waals surface area contributed by atoms with E-state index in [1.165, 1.54) is 22.5 Å². The van der Waals surface area contributed by atoms with Gasteiger partial charge in [-0.2, -0.15) is 4.68 Å². The molecule has 0 aliphatic rings. The summed E-state index contributed by atoms with van der Waals surface area (Å²) >= 11 is 0. The van der Waals surface area contributed by atoms with Gasteiger partial charge in [-0.1, -0.05) is 29.5 Å². The number of hydrogen-bond donors (Lipinski definition) is 2. The van der Waals surface area contributed by atoms with Crippen LogP contribution in [0.4, 0.5) is 11.4 Å². The van der Waals surface area contributed by atoms with E-state index in [4.69, 9.17) is 0 Å². The predicted octanol–water partition coefficient (Wildman–Crippen LogP) is 1.57. The maximum absolute atomic E-state index is 12.7. The number of hydrogen-bond acceptors (Lipinski definition) is 6. The Bertz CT molecular complexity index is 1290. The zero-order chi connectivity index (χ0) is 21.1. The number of nitrogens with one attached hydrogen (secondary N) is 2. The number of para-hydroxylation sites is 1. The molecule has 10 heteroatoms. The molecule has 4 rings (SSSR count). The highest BCUT2D eigenvalue weighted by atomic mass is 16.2. The summed E-state index contributed by atoms with van der Waals surface area (Å²) in [4.78, 5) is 40.5. The Kier molecular flexibility index (Phi) is 5.04. The molecule has 0 bridgehead atoms. The smallest absolute Gasteiger partial charge is 0.284 e. The van der Waals surface area contributed by atoms with Crippen molar-refractivity contribution in [3.05, 3.63) is 71.3 Å². The van der Waals surface area contributed by atoms with Crippen LogP contribution in [0.25, 0.3) is 16.9 Å². The SMILES string of the molecule is CC(=O)Nc1cccc(NC(=O)Cn2cnc3c(nnn3-c3ccccc3)c2=O)c1. The van der Waals surface area contributed by atoms with Crippen LogP contribution in [-0.4, -0.2) is 36.4 Å². The van der Waals surface area contributed by atoms with E-state index in [2.05, 4.69) is 25.9 Å². The second-order valence-electron chi connectivity index (χ2n) is 6.50. The molecule has 150 valence electrons. The van der Waals surface area contributed by atoms with Gasteiger partial charge in [-0.15, -0.1) is 5.10 Å². The average molecular weight is 403 g/mol. The molecule has 0 saturated carbocycles. The van der Waals surface area contributed by atoms with E-state index in [9.17, 15) is 14.4 Å². The maximum atomic E-state index is 12.7. The number of anilines is 2. The fourth-order valence-electron chi connectivity index (χ4n) is 2.93. The van der Waals surface area contributed by atoms with Gasteiger partial charge >= 0.3 is 0 Å². The van der Waals surface area contributed by atoms with Crippen LogP contribution in [0.5, 0.6) is 0 Å². The number of carbonyl (C=O) groups excluding carboxylic acids is 2. The van der Waals surface area contributed by atoms with Crippen molar-refractivity contribution in [3.8, 4) is 5.69 Å². The lowest BCUT2D eigenvalue weighted by atomic mass is 10.2. The highest BCUT2D eigenvalue weighted by molar-refractivity contribution is 5.93. The third kappa shape index (κ3) is 3.92. The minimum atomic E-state index is -0.468. The third-order valence-electron chi connectivity index (χ3n) is 4.21. The van der Waals surface area contributed by atoms with Crippen molar-refractivity contribution in [1.29, 1.82) is 0 Å². The Morgan fingerprint density at radius 2 is 1.73 bits per heavy atom. The molecule has 0 aliphatic carbocycles. The molecule has 30 heavy (non-hydrogen) atoms. The standard InChI is InChI=1S/C20H17N7O3/c1-13(28)22-14-6-5-7-15(10-14)23-17(29)11-26-12-21-19-18(20(26)30)24-25-27(19)16-8-3-2-4-9-16/h2-10,12H,11H2,1H3,(H,22,28)(H,23,29). The monoisotopic (exact) mass is 403 g/mol. The summed E-state index contributed by atoms with van der Waals surface area (Å²) in [7, 11) is 0. The molecule has 0 saturated heterocycles. The number of benzene rings is 2. The molecular weight excluding hydrogens is 386 g/mol. The van der Waals surface area contributed by atoms with Gasteiger partial charge in [0.25, 0.3) is 5.56 Å². The molecule has 2 aromatic carbocycles. The lowest BCUT2D eigenvalue weighted by molar-refractivity contribution is -0.117. The molecular formula is C20H17N7O3. The summed E-state index contributed by atoms with van der Waals surface area (Å²) in [6.45, 7) is 1.15. The number of carbonyl (C=O) groups is 2. The zero-order valence-corrected chi connectivity index (χ0v) is 15.9. The van der Waals surface area contributed by atoms with E-state index in [1.54, 1.807) is 24.3 Å². The lowest BCUT2D eigenvalue weighted by Crippen LogP contribution is -2.28. The Hall–Kier alpha value is -4.34. The Morgan fingerprint density at radius 3 is 2.47 bits per heavy atom. The van der Waals surface area contributed by atoms with E-state index in [0.717, 1.165) is 5.69 Å². The summed E-state index contributed by atoms with van der Waals surface area (Å²) in [5, 5.41) is 13.3. The van der Waals surface area contributed by atoms with Gasteiger partial charge in [0.15, 0.2) is 11.2 Å². The molecule has 2 aromatic heterocycles. The summed E-state index contributed by atoms with van der Waals surface area (Å²) in [6, 6.07) is 15.9. The quantitative estimate of drug-likeness (QED) is 0.521. The second kappa shape index (κ2) is 7.95. The Morgan fingerprint density at radius 1 is 1.00 bits per heavy atom. The fraction of sp³-hybridized carbons (Fsp3) is 0.100. The first-order valence-corrected chi connectivity index (χ1v) is 9.05. The number of fused-ring (bicyclic) bond motifs is 1. The van der Waals surface area contributed by atoms with Gasteiger partial charge in [0.05, 0.1) is 5.69 Å². The van der Waals surface area contributed by atoms with Crippen LogP contribution in [0.3, 0.4) is 0 Å². The molecule has 0 fully saturated rings. The van der Waals surface area contributed by atoms with Crippen LogP contribution in [-0.2, 0) is 16.1 Å². The highest BCUT2D eigenvalue weighted by Gasteiger charge is 2.15. The van der Waals surface area contributed by atoms with E-state index in [0.29, 0.717) is 17.0 Å². The molecule has 0 radical (unpaired) electrons. The minimum absolute atomic E-state index is 0.0711. The molecule has 4 aromatic rings. The molecule has 2 amide bonds. The molecule has 2 heterocycles. The molecule has 0 unspecified atom stereocenters. The van der Waals surface area contributed by atoms with Crippen LogP contribution in [0.1, 0.15) is 6.92 Å². The minimum Gasteiger partial charge on any atom is -0.326 e. The van der Waals surface area contributed by atoms with Crippen LogP contribution >= 0.6 is 0 Å². The van der Waals surface area contributed by atoms with Crippen molar-refractivity contribution in [2.24, 2.45) is 0 Å². The average Bonchev–Trinajstić information content (AvgIpc) is 3.15. The van der Waals surface area contributed by atoms with Crippen molar-refractivity contribution in [2.45, 2.75) is 13.5 Å². The second-order valence-corrected chi connectivity index (χ2v) is 6.50. The van der Waals surface area contributed by atoms with Crippen molar-refractivity contribution in [2.75, 3.05) is 10.6 Å². The normalized spacial score (nSPS) is 10.7. The molecule has 2 N–H and O–H groups in total. The van der Waals surface area contributed by atoms with Gasteiger partial charge in [0, 0.05) is 18.3 Å². The van der Waals surface area contributed by atoms with E-state index in [-0.39, 0.29) is 18.0 Å². The number of aromatic nitrogens is 5. The summed E-state index contributed by atoms with van der Waals surface area (Å²) in [5.74, 6) is -0.637. The molecule has 10 nitrogen and oxygen atoms in total. The van der Waals surface area contributed by atoms with Gasteiger partial charge in [-0.25, -0.2) is 4.98 Å². The van der Waals surface area contributed by atoms with Crippen molar-refractivity contribution in [1.82, 2.24) is 24.5 Å². The summed E-state index contributed by atoms with van der Waals surface area (Å²) < 4.78 is 2.63. The lowest BCUT2D eigenvalue weighted by Gasteiger charge is -2.09. The fourth-order valence-corrected chi connectivity index (χ4v) is 2.93. The van der Waals surface area contributed by atoms with E-state index < -0.39 is 11.5 Å². The highest BCUT2D eigenvalue weighted by Crippen LogP contribution is 2.15. The molecule has 0 atom stereocenters. The topological polar surface area (TPSA) is 124 Å². The van der Waals surface area contributed by atoms with Crippen LogP contribution in [0.15, 0.2) is 65.7 Å². The van der Waals surface area contributed by atoms with Crippen LogP contribution < -0.4 is 16.2 Å². The number of nitrogens with zero attached hydrogens (tertiary/aromatic N) is 5. The summed E-state index contributed by atoms with van der Waals surface area (Å²) in [6.07, 6.45) is 1.29. The third-order valence-corrected chi connectivity index (χ3v) is 4.21. The van der Waals surface area contributed by atoms with Crippen LogP contribution in [0.2, 0.25) is 0 Å². The first-order chi connectivity index (χ1) is 14.5. The zero-order valence-electron chi connectivity index (χ0n) is 15.9. The van der Waals surface area contributed by atoms with Crippen molar-refractivity contribution >= 4 is 34.4 Å². The maximum Gasteiger partial charge on any atom is 0.284 e. The van der Waals surface area contributed by atoms with E-state index >= 15 is 0 Å². The van der Waals surface area contributed by atoms with Gasteiger partial charge in [0.1, 0.15) is 12.9 Å². The number of amides is 2.